The molecular weight excluding hydrogens is 206 g/mol. The zero-order chi connectivity index (χ0) is 12.0. The highest BCUT2D eigenvalue weighted by Crippen LogP contribution is 2.29. The Balaban J connectivity index is 2.10. The van der Waals surface area contributed by atoms with Crippen LogP contribution in [0, 0.1) is 5.92 Å². The second-order valence-electron chi connectivity index (χ2n) is 4.50. The molecule has 1 saturated carbocycles. The minimum atomic E-state index is -0.208. The third-order valence-corrected chi connectivity index (χ3v) is 3.22. The number of carbonyl (C=O) groups is 2. The van der Waals surface area contributed by atoms with E-state index in [0.717, 1.165) is 0 Å². The first-order valence-electron chi connectivity index (χ1n) is 5.94. The minimum Gasteiger partial charge on any atom is -0.469 e. The Morgan fingerprint density at radius 1 is 1.38 bits per heavy atom. The molecule has 4 nitrogen and oxygen atoms in total. The Morgan fingerprint density at radius 2 is 2.06 bits per heavy atom. The van der Waals surface area contributed by atoms with Crippen LogP contribution in [0.5, 0.6) is 0 Å². The van der Waals surface area contributed by atoms with Gasteiger partial charge in [-0.1, -0.05) is 6.42 Å². The maximum Gasteiger partial charge on any atom is 0.305 e. The number of hydrogen-bond donors (Lipinski definition) is 0. The molecule has 0 radical (unpaired) electrons. The third-order valence-electron chi connectivity index (χ3n) is 3.22. The summed E-state index contributed by atoms with van der Waals surface area (Å²) in [7, 11) is 3.19. The average molecular weight is 227 g/mol. The van der Waals surface area contributed by atoms with Gasteiger partial charge in [0.05, 0.1) is 7.11 Å². The molecule has 0 spiro atoms. The third kappa shape index (κ3) is 4.21. The molecule has 4 heteroatoms. The van der Waals surface area contributed by atoms with Crippen molar-refractivity contribution in [2.45, 2.75) is 38.5 Å². The van der Waals surface area contributed by atoms with Crippen LogP contribution in [0.3, 0.4) is 0 Å². The molecule has 0 aromatic rings. The number of hydrogen-bond acceptors (Lipinski definition) is 3. The molecule has 92 valence electrons. The largest absolute Gasteiger partial charge is 0.469 e. The quantitative estimate of drug-likeness (QED) is 0.647. The molecule has 0 aromatic carbocycles. The van der Waals surface area contributed by atoms with Crippen molar-refractivity contribution in [3.63, 3.8) is 0 Å². The topological polar surface area (TPSA) is 46.6 Å². The first-order valence-corrected chi connectivity index (χ1v) is 5.94. The van der Waals surface area contributed by atoms with E-state index in [-0.39, 0.29) is 11.9 Å². The summed E-state index contributed by atoms with van der Waals surface area (Å²) in [5.74, 6) is 0.602. The Bertz CT molecular complexity index is 249. The number of rotatable bonds is 6. The van der Waals surface area contributed by atoms with Crippen molar-refractivity contribution in [2.75, 3.05) is 20.7 Å². The van der Waals surface area contributed by atoms with E-state index in [1.165, 1.54) is 26.4 Å². The van der Waals surface area contributed by atoms with E-state index in [4.69, 9.17) is 0 Å². The van der Waals surface area contributed by atoms with Gasteiger partial charge in [0, 0.05) is 26.4 Å². The lowest BCUT2D eigenvalue weighted by Crippen LogP contribution is -2.31. The second kappa shape index (κ2) is 6.51. The van der Waals surface area contributed by atoms with Crippen molar-refractivity contribution in [1.82, 2.24) is 4.90 Å². The van der Waals surface area contributed by atoms with Gasteiger partial charge >= 0.3 is 5.97 Å². The Kier molecular flexibility index (Phi) is 5.29. The number of ether oxygens (including phenoxy) is 1. The van der Waals surface area contributed by atoms with Gasteiger partial charge in [-0.15, -0.1) is 0 Å². The molecule has 1 amide bonds. The zero-order valence-electron chi connectivity index (χ0n) is 10.2. The zero-order valence-corrected chi connectivity index (χ0v) is 10.2. The summed E-state index contributed by atoms with van der Waals surface area (Å²) in [6, 6.07) is 0. The lowest BCUT2D eigenvalue weighted by atomic mass is 9.83. The van der Waals surface area contributed by atoms with Crippen molar-refractivity contribution >= 4 is 11.9 Å². The van der Waals surface area contributed by atoms with Crippen molar-refractivity contribution in [2.24, 2.45) is 5.92 Å². The Labute approximate surface area is 96.9 Å². The van der Waals surface area contributed by atoms with Gasteiger partial charge in [0.15, 0.2) is 0 Å². The predicted molar refractivity (Wildman–Crippen MR) is 60.8 cm³/mol. The Morgan fingerprint density at radius 3 is 2.56 bits per heavy atom. The van der Waals surface area contributed by atoms with Gasteiger partial charge < -0.3 is 9.64 Å². The normalized spacial score (nSPS) is 15.4. The summed E-state index contributed by atoms with van der Waals surface area (Å²) in [6.45, 7) is 0.640. The van der Waals surface area contributed by atoms with Gasteiger partial charge in [-0.3, -0.25) is 9.59 Å². The fourth-order valence-corrected chi connectivity index (χ4v) is 1.79. The standard InChI is InChI=1S/C12H21NO3/c1-13(8-4-7-12(15)16-2)11(14)9-10-5-3-6-10/h10H,3-9H2,1-2H3. The van der Waals surface area contributed by atoms with E-state index in [2.05, 4.69) is 4.74 Å². The molecule has 0 atom stereocenters. The smallest absolute Gasteiger partial charge is 0.305 e. The van der Waals surface area contributed by atoms with E-state index in [1.807, 2.05) is 0 Å². The molecule has 0 aliphatic heterocycles. The molecule has 0 saturated heterocycles. The van der Waals surface area contributed by atoms with Crippen LogP contribution < -0.4 is 0 Å². The summed E-state index contributed by atoms with van der Waals surface area (Å²) in [5.41, 5.74) is 0. The SMILES string of the molecule is COC(=O)CCCN(C)C(=O)CC1CCC1. The van der Waals surface area contributed by atoms with Crippen LogP contribution in [0.1, 0.15) is 38.5 Å². The van der Waals surface area contributed by atoms with Crippen LogP contribution in [0.4, 0.5) is 0 Å². The van der Waals surface area contributed by atoms with Crippen molar-refractivity contribution in [1.29, 1.82) is 0 Å². The second-order valence-corrected chi connectivity index (χ2v) is 4.50. The van der Waals surface area contributed by atoms with Gasteiger partial charge in [-0.2, -0.15) is 0 Å². The molecule has 1 aliphatic rings. The highest BCUT2D eigenvalue weighted by Gasteiger charge is 2.22. The maximum atomic E-state index is 11.7. The Hall–Kier alpha value is -1.06. The van der Waals surface area contributed by atoms with Gasteiger partial charge in [-0.05, 0) is 25.2 Å². The van der Waals surface area contributed by atoms with E-state index in [9.17, 15) is 9.59 Å². The lowest BCUT2D eigenvalue weighted by Gasteiger charge is -2.27. The van der Waals surface area contributed by atoms with Crippen molar-refractivity contribution in [3.05, 3.63) is 0 Å². The van der Waals surface area contributed by atoms with Gasteiger partial charge in [-0.25, -0.2) is 0 Å². The molecular formula is C12H21NO3. The first kappa shape index (κ1) is 13.0. The summed E-state index contributed by atoms with van der Waals surface area (Å²) in [5, 5.41) is 0. The van der Waals surface area contributed by atoms with Crippen molar-refractivity contribution < 1.29 is 14.3 Å². The van der Waals surface area contributed by atoms with Crippen LogP contribution in [0.15, 0.2) is 0 Å². The summed E-state index contributed by atoms with van der Waals surface area (Å²) in [4.78, 5) is 24.3. The van der Waals surface area contributed by atoms with Crippen molar-refractivity contribution in [3.8, 4) is 0 Å². The molecule has 16 heavy (non-hydrogen) atoms. The molecule has 0 heterocycles. The molecule has 0 N–H and O–H groups in total. The molecule has 0 unspecified atom stereocenters. The van der Waals surface area contributed by atoms with Crippen LogP contribution in [-0.4, -0.2) is 37.5 Å². The maximum absolute atomic E-state index is 11.7. The highest BCUT2D eigenvalue weighted by atomic mass is 16.5. The van der Waals surface area contributed by atoms with Gasteiger partial charge in [0.1, 0.15) is 0 Å². The minimum absolute atomic E-state index is 0.203. The van der Waals surface area contributed by atoms with Crippen LogP contribution >= 0.6 is 0 Å². The highest BCUT2D eigenvalue weighted by molar-refractivity contribution is 5.76. The van der Waals surface area contributed by atoms with E-state index in [1.54, 1.807) is 11.9 Å². The van der Waals surface area contributed by atoms with Gasteiger partial charge in [0.25, 0.3) is 0 Å². The first-order chi connectivity index (χ1) is 7.63. The number of methoxy groups -OCH3 is 1. The van der Waals surface area contributed by atoms with Crippen LogP contribution in [-0.2, 0) is 14.3 Å². The molecule has 0 bridgehead atoms. The lowest BCUT2D eigenvalue weighted by molar-refractivity contribution is -0.141. The molecule has 0 aromatic heterocycles. The fourth-order valence-electron chi connectivity index (χ4n) is 1.79. The van der Waals surface area contributed by atoms with E-state index < -0.39 is 0 Å². The summed E-state index contributed by atoms with van der Waals surface area (Å²) >= 11 is 0. The predicted octanol–water partition coefficient (Wildman–Crippen LogP) is 1.59. The molecule has 1 rings (SSSR count). The fraction of sp³-hybridized carbons (Fsp3) is 0.833. The number of carbonyl (C=O) groups excluding carboxylic acids is 2. The number of esters is 1. The molecule has 1 aliphatic carbocycles. The van der Waals surface area contributed by atoms with E-state index >= 15 is 0 Å². The van der Waals surface area contributed by atoms with Gasteiger partial charge in [0.2, 0.25) is 5.91 Å². The average Bonchev–Trinajstić information content (AvgIpc) is 2.22. The van der Waals surface area contributed by atoms with E-state index in [0.29, 0.717) is 31.7 Å². The monoisotopic (exact) mass is 227 g/mol. The molecule has 1 fully saturated rings. The number of amides is 1. The number of nitrogens with zero attached hydrogens (tertiary/aromatic N) is 1. The van der Waals surface area contributed by atoms with Crippen LogP contribution in [0.25, 0.3) is 0 Å². The summed E-state index contributed by atoms with van der Waals surface area (Å²) < 4.78 is 4.54. The van der Waals surface area contributed by atoms with Crippen LogP contribution in [0.2, 0.25) is 0 Å². The summed E-state index contributed by atoms with van der Waals surface area (Å²) in [6.07, 6.45) is 5.40.